The summed E-state index contributed by atoms with van der Waals surface area (Å²) in [5.41, 5.74) is 0.444. The summed E-state index contributed by atoms with van der Waals surface area (Å²) in [4.78, 5) is 24.4. The van der Waals surface area contributed by atoms with Gasteiger partial charge >= 0.3 is 11.9 Å². The minimum absolute atomic E-state index is 0.163. The zero-order valence-corrected chi connectivity index (χ0v) is 28.4. The van der Waals surface area contributed by atoms with Gasteiger partial charge in [0.25, 0.3) is 0 Å². The first kappa shape index (κ1) is 34.8. The maximum Gasteiger partial charge on any atom is 0.343 e. The van der Waals surface area contributed by atoms with Gasteiger partial charge in [0.15, 0.2) is 16.6 Å². The molecule has 0 fully saturated rings. The molecule has 0 aromatic heterocycles. The molecule has 0 saturated carbocycles. The molecule has 6 nitrogen and oxygen atoms in total. The van der Waals surface area contributed by atoms with Crippen molar-refractivity contribution in [3.63, 3.8) is 0 Å². The normalized spacial score (nSPS) is 12.6. The first-order chi connectivity index (χ1) is 19.4. The van der Waals surface area contributed by atoms with E-state index in [0.717, 1.165) is 12.2 Å². The molecule has 2 aromatic rings. The largest absolute Gasteiger partial charge is 0.494 e. The van der Waals surface area contributed by atoms with Crippen LogP contribution in [0.25, 0.3) is 0 Å². The van der Waals surface area contributed by atoms with Gasteiger partial charge in [-0.1, -0.05) is 58.8 Å². The van der Waals surface area contributed by atoms with Gasteiger partial charge in [-0.2, -0.15) is 0 Å². The summed E-state index contributed by atoms with van der Waals surface area (Å²) < 4.78 is 23.1. The number of hydrogen-bond acceptors (Lipinski definition) is 6. The number of carbonyl (C=O) groups excluding carboxylic acids is 2. The van der Waals surface area contributed by atoms with Gasteiger partial charge in [-0.05, 0) is 100 Å². The molecule has 0 amide bonds. The molecular weight excluding hydrogens is 549 g/mol. The molecule has 228 valence electrons. The average molecular weight is 601 g/mol. The Morgan fingerprint density at radius 1 is 0.683 bits per heavy atom. The van der Waals surface area contributed by atoms with Crippen molar-refractivity contribution in [2.45, 2.75) is 110 Å². The van der Waals surface area contributed by atoms with Crippen LogP contribution in [0.3, 0.4) is 0 Å². The van der Waals surface area contributed by atoms with Crippen molar-refractivity contribution in [3.05, 3.63) is 54.1 Å². The van der Waals surface area contributed by atoms with Gasteiger partial charge < -0.3 is 18.3 Å². The Bertz CT molecular complexity index is 1040. The van der Waals surface area contributed by atoms with Gasteiger partial charge in [-0.25, -0.2) is 4.79 Å². The summed E-state index contributed by atoms with van der Waals surface area (Å²) in [6.07, 6.45) is 10.7. The number of hydrogen-bond donors (Lipinski definition) is 0. The van der Waals surface area contributed by atoms with Crippen LogP contribution in [0.15, 0.2) is 48.5 Å². The fourth-order valence-corrected chi connectivity index (χ4v) is 12.7. The number of unbranched alkanes of at least 4 members (excludes halogenated alkanes) is 7. The van der Waals surface area contributed by atoms with Gasteiger partial charge in [-0.15, -0.1) is 0 Å². The molecule has 0 heterocycles. The molecule has 0 bridgehead atoms. The Labute approximate surface area is 250 Å². The molecule has 2 rings (SSSR count). The summed E-state index contributed by atoms with van der Waals surface area (Å²) in [6, 6.07) is 14.8. The third-order valence-corrected chi connectivity index (χ3v) is 13.1. The SMILES string of the molecule is CCC(C)C(=O)Oc1ccc(OC(=O)c2ccc(OCCCCCCCCCC[Si](C)(C)O[Si](C)(C)C)cc2)cc1. The minimum atomic E-state index is -1.48. The lowest BCUT2D eigenvalue weighted by Gasteiger charge is -2.31. The second kappa shape index (κ2) is 17.5. The lowest BCUT2D eigenvalue weighted by atomic mass is 10.1. The quantitative estimate of drug-likeness (QED) is 0.0692. The standard InChI is InChI=1S/C33H52O6Si2/c1-8-27(2)32(34)37-30-21-23-31(24-22-30)38-33(35)28-17-19-29(20-18-28)36-25-15-13-11-9-10-12-14-16-26-41(6,7)39-40(3,4)5/h17-24,27H,8-16,25-26H2,1-7H3. The summed E-state index contributed by atoms with van der Waals surface area (Å²) in [7, 11) is -2.90. The van der Waals surface area contributed by atoms with E-state index in [9.17, 15) is 9.59 Å². The van der Waals surface area contributed by atoms with Crippen molar-refractivity contribution < 1.29 is 27.9 Å². The third kappa shape index (κ3) is 14.9. The van der Waals surface area contributed by atoms with Crippen LogP contribution in [0.2, 0.25) is 38.8 Å². The van der Waals surface area contributed by atoms with E-state index in [4.69, 9.17) is 18.3 Å². The number of esters is 2. The van der Waals surface area contributed by atoms with E-state index in [-0.39, 0.29) is 11.9 Å². The minimum Gasteiger partial charge on any atom is -0.494 e. The zero-order chi connectivity index (χ0) is 30.3. The van der Waals surface area contributed by atoms with E-state index >= 15 is 0 Å². The second-order valence-corrected chi connectivity index (χ2v) is 21.6. The first-order valence-corrected chi connectivity index (χ1v) is 21.9. The molecule has 41 heavy (non-hydrogen) atoms. The predicted octanol–water partition coefficient (Wildman–Crippen LogP) is 9.41. The monoisotopic (exact) mass is 600 g/mol. The van der Waals surface area contributed by atoms with Crippen LogP contribution in [0.4, 0.5) is 0 Å². The van der Waals surface area contributed by atoms with Crippen LogP contribution >= 0.6 is 0 Å². The molecular formula is C33H52O6Si2. The van der Waals surface area contributed by atoms with Crippen LogP contribution in [-0.4, -0.2) is 35.2 Å². The van der Waals surface area contributed by atoms with Gasteiger partial charge in [0.1, 0.15) is 17.2 Å². The highest BCUT2D eigenvalue weighted by Gasteiger charge is 2.28. The highest BCUT2D eigenvalue weighted by Crippen LogP contribution is 2.23. The molecule has 0 saturated heterocycles. The summed E-state index contributed by atoms with van der Waals surface area (Å²) in [5.74, 6) is 0.674. The average Bonchev–Trinajstić information content (AvgIpc) is 2.91. The van der Waals surface area contributed by atoms with E-state index in [0.29, 0.717) is 30.1 Å². The van der Waals surface area contributed by atoms with Crippen molar-refractivity contribution in [2.24, 2.45) is 5.92 Å². The van der Waals surface area contributed by atoms with Gasteiger partial charge in [0, 0.05) is 0 Å². The summed E-state index contributed by atoms with van der Waals surface area (Å²) in [5, 5.41) is 0. The topological polar surface area (TPSA) is 71.1 Å². The van der Waals surface area contributed by atoms with Crippen LogP contribution in [0.5, 0.6) is 17.2 Å². The van der Waals surface area contributed by atoms with Crippen molar-refractivity contribution in [3.8, 4) is 17.2 Å². The van der Waals surface area contributed by atoms with Crippen molar-refractivity contribution in [1.29, 1.82) is 0 Å². The van der Waals surface area contributed by atoms with E-state index in [2.05, 4.69) is 32.7 Å². The number of rotatable bonds is 19. The molecule has 0 radical (unpaired) electrons. The zero-order valence-electron chi connectivity index (χ0n) is 26.4. The maximum absolute atomic E-state index is 12.5. The molecule has 8 heteroatoms. The molecule has 2 aromatic carbocycles. The Balaban J connectivity index is 1.56. The number of carbonyl (C=O) groups is 2. The van der Waals surface area contributed by atoms with E-state index in [1.165, 1.54) is 51.0 Å². The van der Waals surface area contributed by atoms with Crippen molar-refractivity contribution >= 4 is 28.6 Å². The highest BCUT2D eigenvalue weighted by atomic mass is 28.4. The van der Waals surface area contributed by atoms with E-state index < -0.39 is 22.6 Å². The first-order valence-electron chi connectivity index (χ1n) is 15.4. The van der Waals surface area contributed by atoms with Crippen LogP contribution in [0.1, 0.15) is 82.0 Å². The molecule has 0 aliphatic carbocycles. The Hall–Kier alpha value is -2.43. The molecule has 0 spiro atoms. The fraction of sp³-hybridized carbons (Fsp3) is 0.576. The predicted molar refractivity (Wildman–Crippen MR) is 172 cm³/mol. The van der Waals surface area contributed by atoms with Crippen molar-refractivity contribution in [2.75, 3.05) is 6.61 Å². The molecule has 1 atom stereocenters. The smallest absolute Gasteiger partial charge is 0.343 e. The Morgan fingerprint density at radius 2 is 1.17 bits per heavy atom. The van der Waals surface area contributed by atoms with Crippen LogP contribution in [-0.2, 0) is 8.91 Å². The Kier molecular flexibility index (Phi) is 14.9. The summed E-state index contributed by atoms with van der Waals surface area (Å²) >= 11 is 0. The van der Waals surface area contributed by atoms with Crippen LogP contribution in [0, 0.1) is 5.92 Å². The highest BCUT2D eigenvalue weighted by molar-refractivity contribution is 6.84. The maximum atomic E-state index is 12.5. The number of benzene rings is 2. The van der Waals surface area contributed by atoms with E-state index in [1.54, 1.807) is 48.5 Å². The van der Waals surface area contributed by atoms with Gasteiger partial charge in [0.2, 0.25) is 0 Å². The van der Waals surface area contributed by atoms with E-state index in [1.807, 2.05) is 13.8 Å². The Morgan fingerprint density at radius 3 is 1.71 bits per heavy atom. The molecule has 1 unspecified atom stereocenters. The molecule has 0 aliphatic rings. The number of ether oxygens (including phenoxy) is 3. The fourth-order valence-electron chi connectivity index (χ4n) is 4.60. The molecule has 0 aliphatic heterocycles. The van der Waals surface area contributed by atoms with Gasteiger partial charge in [0.05, 0.1) is 18.1 Å². The third-order valence-electron chi connectivity index (χ3n) is 6.88. The lowest BCUT2D eigenvalue weighted by Crippen LogP contribution is -2.42. The second-order valence-electron chi connectivity index (χ2n) is 12.5. The van der Waals surface area contributed by atoms with Gasteiger partial charge in [-0.3, -0.25) is 4.79 Å². The summed E-state index contributed by atoms with van der Waals surface area (Å²) in [6.45, 7) is 16.1. The van der Waals surface area contributed by atoms with Crippen LogP contribution < -0.4 is 14.2 Å². The lowest BCUT2D eigenvalue weighted by molar-refractivity contribution is -0.138. The molecule has 0 N–H and O–H groups in total. The van der Waals surface area contributed by atoms with Crippen molar-refractivity contribution in [1.82, 2.24) is 0 Å².